The van der Waals surface area contributed by atoms with Crippen LogP contribution in [0.3, 0.4) is 0 Å². The number of rotatable bonds is 3. The number of anilines is 1. The zero-order chi connectivity index (χ0) is 18.3. The molecule has 0 aromatic heterocycles. The summed E-state index contributed by atoms with van der Waals surface area (Å²) < 4.78 is 39.3. The lowest BCUT2D eigenvalue weighted by Crippen LogP contribution is -2.25. The minimum atomic E-state index is -3.72. The lowest BCUT2D eigenvalue weighted by molar-refractivity contribution is 0.298. The fourth-order valence-electron chi connectivity index (χ4n) is 4.13. The summed E-state index contributed by atoms with van der Waals surface area (Å²) in [6, 6.07) is 10.8. The van der Waals surface area contributed by atoms with E-state index in [-0.39, 0.29) is 9.79 Å². The van der Waals surface area contributed by atoms with Crippen molar-refractivity contribution in [3.63, 3.8) is 0 Å². The van der Waals surface area contributed by atoms with E-state index in [4.69, 9.17) is 0 Å². The lowest BCUT2D eigenvalue weighted by atomic mass is 9.91. The molecule has 2 aliphatic rings. The minimum absolute atomic E-state index is 0.00187. The molecular formula is C20H23FN2O2S. The summed E-state index contributed by atoms with van der Waals surface area (Å²) in [6.45, 7) is 5.30. The molecule has 0 aliphatic carbocycles. The Bertz CT molecular complexity index is 929. The Hall–Kier alpha value is -1.92. The van der Waals surface area contributed by atoms with Crippen LogP contribution in [-0.2, 0) is 9.84 Å². The highest BCUT2D eigenvalue weighted by molar-refractivity contribution is 7.91. The summed E-state index contributed by atoms with van der Waals surface area (Å²) in [5.41, 5.74) is 2.11. The van der Waals surface area contributed by atoms with Gasteiger partial charge in [-0.05, 0) is 67.9 Å². The van der Waals surface area contributed by atoms with Gasteiger partial charge in [0, 0.05) is 24.2 Å². The Kier molecular flexibility index (Phi) is 4.49. The Balaban J connectivity index is 1.69. The third kappa shape index (κ3) is 3.01. The predicted molar refractivity (Wildman–Crippen MR) is 99.8 cm³/mol. The number of benzene rings is 2. The first-order chi connectivity index (χ1) is 12.5. The van der Waals surface area contributed by atoms with E-state index in [0.717, 1.165) is 49.8 Å². The van der Waals surface area contributed by atoms with Gasteiger partial charge in [-0.15, -0.1) is 0 Å². The van der Waals surface area contributed by atoms with E-state index >= 15 is 0 Å². The van der Waals surface area contributed by atoms with Crippen LogP contribution in [-0.4, -0.2) is 39.0 Å². The van der Waals surface area contributed by atoms with Crippen molar-refractivity contribution in [2.75, 3.05) is 25.0 Å². The predicted octanol–water partition coefficient (Wildman–Crippen LogP) is 3.65. The van der Waals surface area contributed by atoms with Crippen molar-refractivity contribution < 1.29 is 12.8 Å². The van der Waals surface area contributed by atoms with Crippen LogP contribution in [0, 0.1) is 5.82 Å². The van der Waals surface area contributed by atoms with Crippen LogP contribution in [0.4, 0.5) is 10.1 Å². The molecule has 0 radical (unpaired) electrons. The summed E-state index contributed by atoms with van der Waals surface area (Å²) in [4.78, 5) is 2.67. The Morgan fingerprint density at radius 3 is 2.65 bits per heavy atom. The molecule has 0 saturated carbocycles. The Morgan fingerprint density at radius 1 is 1.12 bits per heavy atom. The zero-order valence-electron chi connectivity index (χ0n) is 14.8. The molecule has 1 unspecified atom stereocenters. The van der Waals surface area contributed by atoms with Crippen LogP contribution < -0.4 is 5.32 Å². The van der Waals surface area contributed by atoms with E-state index in [1.165, 1.54) is 18.2 Å². The molecule has 1 N–H and O–H groups in total. The Labute approximate surface area is 153 Å². The van der Waals surface area contributed by atoms with Crippen molar-refractivity contribution in [2.45, 2.75) is 41.5 Å². The van der Waals surface area contributed by atoms with Crippen LogP contribution in [0.5, 0.6) is 0 Å². The molecule has 0 amide bonds. The smallest absolute Gasteiger partial charge is 0.206 e. The zero-order valence-corrected chi connectivity index (χ0v) is 15.6. The van der Waals surface area contributed by atoms with Gasteiger partial charge in [-0.2, -0.15) is 0 Å². The maximum atomic E-state index is 13.5. The first kappa shape index (κ1) is 17.5. The molecule has 2 atom stereocenters. The molecule has 1 saturated heterocycles. The fourth-order valence-corrected chi connectivity index (χ4v) is 5.46. The van der Waals surface area contributed by atoms with Gasteiger partial charge in [-0.3, -0.25) is 0 Å². The highest BCUT2D eigenvalue weighted by atomic mass is 32.2. The number of fused-ring (bicyclic) bond motifs is 3. The number of sulfone groups is 1. The molecule has 2 heterocycles. The molecule has 1 fully saturated rings. The van der Waals surface area contributed by atoms with E-state index in [1.54, 1.807) is 12.1 Å². The van der Waals surface area contributed by atoms with E-state index in [1.807, 2.05) is 6.07 Å². The second-order valence-corrected chi connectivity index (χ2v) is 9.03. The van der Waals surface area contributed by atoms with Crippen LogP contribution >= 0.6 is 0 Å². The molecule has 0 bridgehead atoms. The molecule has 138 valence electrons. The first-order valence-electron chi connectivity index (χ1n) is 9.12. The van der Waals surface area contributed by atoms with Crippen LogP contribution in [0.25, 0.3) is 0 Å². The van der Waals surface area contributed by atoms with Gasteiger partial charge in [0.25, 0.3) is 0 Å². The molecule has 2 aromatic rings. The summed E-state index contributed by atoms with van der Waals surface area (Å²) in [6.07, 6.45) is 2.07. The molecule has 4 rings (SSSR count). The van der Waals surface area contributed by atoms with E-state index in [9.17, 15) is 12.8 Å². The lowest BCUT2D eigenvalue weighted by Gasteiger charge is -2.17. The quantitative estimate of drug-likeness (QED) is 0.891. The van der Waals surface area contributed by atoms with Crippen molar-refractivity contribution in [3.8, 4) is 0 Å². The summed E-state index contributed by atoms with van der Waals surface area (Å²) in [7, 11) is -3.72. The molecule has 0 spiro atoms. The maximum Gasteiger partial charge on any atom is 0.206 e. The molecule has 4 nitrogen and oxygen atoms in total. The van der Waals surface area contributed by atoms with Crippen molar-refractivity contribution >= 4 is 15.5 Å². The van der Waals surface area contributed by atoms with Crippen LogP contribution in [0.15, 0.2) is 52.3 Å². The number of likely N-dealkylation sites (tertiary alicyclic amines) is 1. The fraction of sp³-hybridized carbons (Fsp3) is 0.400. The molecule has 2 aromatic carbocycles. The van der Waals surface area contributed by atoms with E-state index in [2.05, 4.69) is 17.1 Å². The standard InChI is InChI=1S/C20H23FN2O2S/c1-2-23-10-8-17-18-13-16(6-7-19(18)22-20(17)9-11-23)26(24,25)15-5-3-4-14(21)12-15/h3-7,12-13,17,20,22H,2,8-11H2,1H3/t17-,20?/m1/s1. The van der Waals surface area contributed by atoms with Crippen LogP contribution in [0.2, 0.25) is 0 Å². The summed E-state index contributed by atoms with van der Waals surface area (Å²) in [5, 5.41) is 3.57. The Morgan fingerprint density at radius 2 is 1.88 bits per heavy atom. The maximum absolute atomic E-state index is 13.5. The molecule has 26 heavy (non-hydrogen) atoms. The normalized spacial score (nSPS) is 23.0. The highest BCUT2D eigenvalue weighted by Crippen LogP contribution is 2.42. The third-order valence-corrected chi connectivity index (χ3v) is 7.37. The van der Waals surface area contributed by atoms with E-state index in [0.29, 0.717) is 12.0 Å². The van der Waals surface area contributed by atoms with Crippen molar-refractivity contribution in [1.29, 1.82) is 0 Å². The number of hydrogen-bond acceptors (Lipinski definition) is 4. The second-order valence-electron chi connectivity index (χ2n) is 7.08. The monoisotopic (exact) mass is 374 g/mol. The van der Waals surface area contributed by atoms with Crippen molar-refractivity contribution in [2.24, 2.45) is 0 Å². The minimum Gasteiger partial charge on any atom is -0.381 e. The van der Waals surface area contributed by atoms with Crippen LogP contribution in [0.1, 0.15) is 31.2 Å². The topological polar surface area (TPSA) is 49.4 Å². The highest BCUT2D eigenvalue weighted by Gasteiger charge is 2.35. The number of hydrogen-bond donors (Lipinski definition) is 1. The number of nitrogens with one attached hydrogen (secondary N) is 1. The summed E-state index contributed by atoms with van der Waals surface area (Å²) >= 11 is 0. The second kappa shape index (κ2) is 6.67. The van der Waals surface area contributed by atoms with Gasteiger partial charge in [0.1, 0.15) is 5.82 Å². The van der Waals surface area contributed by atoms with Gasteiger partial charge in [0.05, 0.1) is 9.79 Å². The van der Waals surface area contributed by atoms with Gasteiger partial charge in [-0.25, -0.2) is 12.8 Å². The van der Waals surface area contributed by atoms with Gasteiger partial charge in [-0.1, -0.05) is 13.0 Å². The number of halogens is 1. The van der Waals surface area contributed by atoms with Gasteiger partial charge in [0.2, 0.25) is 9.84 Å². The molecule has 6 heteroatoms. The van der Waals surface area contributed by atoms with Gasteiger partial charge >= 0.3 is 0 Å². The number of nitrogens with zero attached hydrogens (tertiary/aromatic N) is 1. The first-order valence-corrected chi connectivity index (χ1v) is 10.6. The van der Waals surface area contributed by atoms with Gasteiger partial charge < -0.3 is 10.2 Å². The molecule has 2 aliphatic heterocycles. The van der Waals surface area contributed by atoms with E-state index < -0.39 is 15.7 Å². The van der Waals surface area contributed by atoms with Crippen molar-refractivity contribution in [1.82, 2.24) is 4.90 Å². The third-order valence-electron chi connectivity index (χ3n) is 5.63. The molecular weight excluding hydrogens is 351 g/mol. The summed E-state index contributed by atoms with van der Waals surface area (Å²) in [5.74, 6) is -0.221. The van der Waals surface area contributed by atoms with Crippen molar-refractivity contribution in [3.05, 3.63) is 53.8 Å². The average Bonchev–Trinajstić information content (AvgIpc) is 2.85. The largest absolute Gasteiger partial charge is 0.381 e. The van der Waals surface area contributed by atoms with Gasteiger partial charge in [0.15, 0.2) is 0 Å². The average molecular weight is 374 g/mol. The SMILES string of the molecule is CCN1CCC2Nc3ccc(S(=O)(=O)c4cccc(F)c4)cc3[C@H]2CC1.